The molecule has 0 fully saturated rings. The van der Waals surface area contributed by atoms with Gasteiger partial charge in [0.25, 0.3) is 5.91 Å². The smallest absolute Gasteiger partial charge is 0.338 e. The average molecular weight is 453 g/mol. The fraction of sp³-hybridized carbons (Fsp3) is 0.300. The molecule has 0 bridgehead atoms. The van der Waals surface area contributed by atoms with Crippen molar-refractivity contribution in [1.82, 2.24) is 9.62 Å². The molecule has 0 radical (unpaired) electrons. The molecule has 1 atom stereocenters. The Morgan fingerprint density at radius 1 is 1.23 bits per heavy atom. The molecule has 1 heterocycles. The van der Waals surface area contributed by atoms with E-state index in [2.05, 4.69) is 5.32 Å². The normalized spacial score (nSPS) is 15.8. The molecule has 0 spiro atoms. The van der Waals surface area contributed by atoms with Crippen LogP contribution in [0.4, 0.5) is 0 Å². The van der Waals surface area contributed by atoms with Crippen LogP contribution in [-0.4, -0.2) is 51.9 Å². The minimum absolute atomic E-state index is 0.0174. The lowest BCUT2D eigenvalue weighted by Crippen LogP contribution is -2.35. The van der Waals surface area contributed by atoms with Crippen molar-refractivity contribution < 1.29 is 27.5 Å². The number of sulfonamides is 1. The minimum Gasteiger partial charge on any atom is -0.493 e. The molecule has 2 aromatic carbocycles. The zero-order valence-electron chi connectivity index (χ0n) is 16.4. The third kappa shape index (κ3) is 4.75. The van der Waals surface area contributed by atoms with Gasteiger partial charge in [0.2, 0.25) is 10.0 Å². The molecular weight excluding hydrogens is 432 g/mol. The molecule has 30 heavy (non-hydrogen) atoms. The monoisotopic (exact) mass is 452 g/mol. The first kappa shape index (κ1) is 22.1. The summed E-state index contributed by atoms with van der Waals surface area (Å²) in [6.07, 6.45) is 0.597. The van der Waals surface area contributed by atoms with Crippen molar-refractivity contribution in [3.05, 3.63) is 58.6 Å². The number of nitrogens with one attached hydrogen (secondary N) is 1. The van der Waals surface area contributed by atoms with Gasteiger partial charge in [0.1, 0.15) is 10.6 Å². The van der Waals surface area contributed by atoms with E-state index in [4.69, 9.17) is 21.1 Å². The number of amides is 1. The Labute approximate surface area is 179 Å². The average Bonchev–Trinajstić information content (AvgIpc) is 2.72. The van der Waals surface area contributed by atoms with Gasteiger partial charge in [-0.2, -0.15) is 0 Å². The van der Waals surface area contributed by atoms with Crippen LogP contribution in [-0.2, 0) is 19.6 Å². The van der Waals surface area contributed by atoms with Gasteiger partial charge in [-0.25, -0.2) is 17.5 Å². The summed E-state index contributed by atoms with van der Waals surface area (Å²) >= 11 is 5.97. The number of para-hydroxylation sites is 1. The summed E-state index contributed by atoms with van der Waals surface area (Å²) in [6.45, 7) is -0.0353. The summed E-state index contributed by atoms with van der Waals surface area (Å²) in [5, 5.41) is 2.80. The van der Waals surface area contributed by atoms with Gasteiger partial charge in [-0.1, -0.05) is 29.8 Å². The number of halogens is 1. The molecule has 3 rings (SSSR count). The molecular formula is C20H21ClN2O6S. The highest BCUT2D eigenvalue weighted by atomic mass is 35.5. The maximum absolute atomic E-state index is 12.3. The van der Waals surface area contributed by atoms with Crippen molar-refractivity contribution in [2.24, 2.45) is 0 Å². The number of nitrogens with zero attached hydrogens (tertiary/aromatic N) is 1. The number of esters is 1. The zero-order valence-corrected chi connectivity index (χ0v) is 18.0. The largest absolute Gasteiger partial charge is 0.493 e. The number of rotatable bonds is 6. The Morgan fingerprint density at radius 3 is 2.70 bits per heavy atom. The second kappa shape index (κ2) is 9.03. The van der Waals surface area contributed by atoms with Gasteiger partial charge in [0, 0.05) is 26.1 Å². The number of carbonyl (C=O) groups excluding carboxylic acids is 2. The predicted octanol–water partition coefficient (Wildman–Crippen LogP) is 2.39. The Morgan fingerprint density at radius 2 is 1.97 bits per heavy atom. The van der Waals surface area contributed by atoms with Crippen LogP contribution >= 0.6 is 11.6 Å². The number of fused-ring (bicyclic) bond motifs is 1. The Balaban J connectivity index is 1.65. The molecule has 1 amide bonds. The summed E-state index contributed by atoms with van der Waals surface area (Å²) in [5.74, 6) is -0.591. The summed E-state index contributed by atoms with van der Waals surface area (Å²) in [4.78, 5) is 24.4. The Hall–Kier alpha value is -2.62. The lowest BCUT2D eigenvalue weighted by atomic mass is 10.0. The van der Waals surface area contributed by atoms with E-state index >= 15 is 0 Å². The molecule has 8 nitrogen and oxygen atoms in total. The standard InChI is InChI=1S/C20H21ClN2O6S/c1-23(2)30(26,27)18-11-13(7-8-15(18)21)20(25)29-12-19(24)22-16-9-10-28-17-6-4-3-5-14(16)17/h3-8,11,16H,9-10,12H2,1-2H3,(H,22,24). The molecule has 0 saturated heterocycles. The zero-order chi connectivity index (χ0) is 21.9. The molecule has 1 unspecified atom stereocenters. The summed E-state index contributed by atoms with van der Waals surface area (Å²) in [5.41, 5.74) is 0.837. The SMILES string of the molecule is CN(C)S(=O)(=O)c1cc(C(=O)OCC(=O)NC2CCOc3ccccc32)ccc1Cl. The Bertz CT molecular complexity index is 1070. The van der Waals surface area contributed by atoms with E-state index in [0.717, 1.165) is 15.9 Å². The molecule has 10 heteroatoms. The molecule has 1 aliphatic heterocycles. The van der Waals surface area contributed by atoms with E-state index < -0.39 is 28.5 Å². The van der Waals surface area contributed by atoms with Crippen molar-refractivity contribution in [1.29, 1.82) is 0 Å². The van der Waals surface area contributed by atoms with Crippen LogP contribution in [0.5, 0.6) is 5.75 Å². The van der Waals surface area contributed by atoms with Crippen LogP contribution in [0.25, 0.3) is 0 Å². The third-order valence-electron chi connectivity index (χ3n) is 4.55. The Kier molecular flexibility index (Phi) is 6.64. The van der Waals surface area contributed by atoms with Gasteiger partial charge in [0.15, 0.2) is 6.61 Å². The molecule has 1 N–H and O–H groups in total. The van der Waals surface area contributed by atoms with Crippen molar-refractivity contribution in [3.8, 4) is 5.75 Å². The fourth-order valence-electron chi connectivity index (χ4n) is 2.97. The van der Waals surface area contributed by atoms with Crippen molar-refractivity contribution in [3.63, 3.8) is 0 Å². The maximum atomic E-state index is 12.3. The lowest BCUT2D eigenvalue weighted by molar-refractivity contribution is -0.125. The summed E-state index contributed by atoms with van der Waals surface area (Å²) in [6, 6.07) is 10.9. The van der Waals surface area contributed by atoms with Gasteiger partial charge in [-0.3, -0.25) is 4.79 Å². The predicted molar refractivity (Wildman–Crippen MR) is 110 cm³/mol. The summed E-state index contributed by atoms with van der Waals surface area (Å²) < 4.78 is 36.3. The van der Waals surface area contributed by atoms with Crippen LogP contribution in [0.1, 0.15) is 28.4 Å². The van der Waals surface area contributed by atoms with Gasteiger partial charge >= 0.3 is 5.97 Å². The van der Waals surface area contributed by atoms with Crippen LogP contribution in [0.2, 0.25) is 5.02 Å². The number of hydrogen-bond acceptors (Lipinski definition) is 6. The second-order valence-corrected chi connectivity index (χ2v) is 9.33. The van der Waals surface area contributed by atoms with E-state index in [1.165, 1.54) is 26.2 Å². The molecule has 0 aliphatic carbocycles. The van der Waals surface area contributed by atoms with Crippen molar-refractivity contribution in [2.75, 3.05) is 27.3 Å². The molecule has 0 aromatic heterocycles. The fourth-order valence-corrected chi connectivity index (χ4v) is 4.36. The van der Waals surface area contributed by atoms with E-state index in [1.807, 2.05) is 24.3 Å². The highest BCUT2D eigenvalue weighted by molar-refractivity contribution is 7.89. The van der Waals surface area contributed by atoms with Crippen LogP contribution in [0.3, 0.4) is 0 Å². The lowest BCUT2D eigenvalue weighted by Gasteiger charge is -2.26. The first-order valence-corrected chi connectivity index (χ1v) is 10.9. The van der Waals surface area contributed by atoms with Gasteiger partial charge in [0.05, 0.1) is 23.2 Å². The minimum atomic E-state index is -3.84. The van der Waals surface area contributed by atoms with Crippen LogP contribution in [0.15, 0.2) is 47.4 Å². The van der Waals surface area contributed by atoms with Crippen LogP contribution in [0, 0.1) is 0 Å². The second-order valence-electron chi connectivity index (χ2n) is 6.80. The molecule has 2 aromatic rings. The number of hydrogen-bond donors (Lipinski definition) is 1. The van der Waals surface area contributed by atoms with Gasteiger partial charge in [-0.15, -0.1) is 0 Å². The van der Waals surface area contributed by atoms with Gasteiger partial charge < -0.3 is 14.8 Å². The molecule has 0 saturated carbocycles. The van der Waals surface area contributed by atoms with E-state index in [-0.39, 0.29) is 21.5 Å². The van der Waals surface area contributed by atoms with E-state index in [0.29, 0.717) is 18.8 Å². The van der Waals surface area contributed by atoms with Crippen molar-refractivity contribution in [2.45, 2.75) is 17.4 Å². The highest BCUT2D eigenvalue weighted by Gasteiger charge is 2.25. The third-order valence-corrected chi connectivity index (χ3v) is 6.85. The maximum Gasteiger partial charge on any atom is 0.338 e. The van der Waals surface area contributed by atoms with Gasteiger partial charge in [-0.05, 0) is 24.3 Å². The first-order valence-electron chi connectivity index (χ1n) is 9.10. The number of benzene rings is 2. The molecule has 160 valence electrons. The summed E-state index contributed by atoms with van der Waals surface area (Å²) in [7, 11) is -1.13. The highest BCUT2D eigenvalue weighted by Crippen LogP contribution is 2.31. The first-order chi connectivity index (χ1) is 14.2. The quantitative estimate of drug-likeness (QED) is 0.675. The van der Waals surface area contributed by atoms with E-state index in [9.17, 15) is 18.0 Å². The van der Waals surface area contributed by atoms with Crippen LogP contribution < -0.4 is 10.1 Å². The number of ether oxygens (including phenoxy) is 2. The molecule has 1 aliphatic rings. The number of carbonyl (C=O) groups is 2. The topological polar surface area (TPSA) is 102 Å². The van der Waals surface area contributed by atoms with Crippen molar-refractivity contribution >= 4 is 33.5 Å². The van der Waals surface area contributed by atoms with E-state index in [1.54, 1.807) is 0 Å².